The molecule has 0 spiro atoms. The van der Waals surface area contributed by atoms with Crippen molar-refractivity contribution in [1.82, 2.24) is 4.90 Å². The highest BCUT2D eigenvalue weighted by molar-refractivity contribution is 8.18. The molecule has 1 saturated heterocycles. The summed E-state index contributed by atoms with van der Waals surface area (Å²) in [4.78, 5) is 25.4. The molecule has 1 aliphatic heterocycles. The number of halogens is 3. The lowest BCUT2D eigenvalue weighted by Crippen LogP contribution is -2.28. The molecule has 4 nitrogen and oxygen atoms in total. The van der Waals surface area contributed by atoms with Crippen LogP contribution in [0.4, 0.5) is 18.0 Å². The fourth-order valence-corrected chi connectivity index (χ4v) is 3.41. The number of imide groups is 1. The first-order chi connectivity index (χ1) is 12.3. The summed E-state index contributed by atoms with van der Waals surface area (Å²) in [5.74, 6) is -0.175. The van der Waals surface area contributed by atoms with Crippen molar-refractivity contribution in [1.29, 1.82) is 0 Å². The van der Waals surface area contributed by atoms with Crippen LogP contribution in [0.2, 0.25) is 0 Å². The Balaban J connectivity index is 1.91. The molecule has 0 bridgehead atoms. The molecule has 0 unspecified atom stereocenters. The van der Waals surface area contributed by atoms with Crippen LogP contribution in [-0.4, -0.2) is 22.6 Å². The first kappa shape index (κ1) is 18.3. The van der Waals surface area contributed by atoms with Gasteiger partial charge in [-0.2, -0.15) is 13.2 Å². The molecule has 1 aromatic heterocycles. The number of rotatable bonds is 4. The van der Waals surface area contributed by atoms with Gasteiger partial charge in [-0.3, -0.25) is 14.5 Å². The van der Waals surface area contributed by atoms with E-state index in [1.54, 1.807) is 0 Å². The third kappa shape index (κ3) is 3.55. The number of alkyl halides is 3. The van der Waals surface area contributed by atoms with E-state index in [9.17, 15) is 22.8 Å². The summed E-state index contributed by atoms with van der Waals surface area (Å²) in [6, 6.07) is 7.97. The standard InChI is InChI=1S/C18H14F3NO3S/c1-2-9-22-16(23)15(26-17(22)24)10-11-7-8-14(25-11)12-5-3-4-6-13(12)18(19,20)21/h3-8,10H,2,9H2,1H3/b15-10+. The van der Waals surface area contributed by atoms with Crippen LogP contribution >= 0.6 is 11.8 Å². The maximum atomic E-state index is 13.1. The Kier molecular flexibility index (Phi) is 4.95. The SMILES string of the molecule is CCCN1C(=O)S/C(=C/c2ccc(-c3ccccc3C(F)(F)F)o2)C1=O. The number of amides is 2. The molecular formula is C18H14F3NO3S. The van der Waals surface area contributed by atoms with Crippen LogP contribution in [0.5, 0.6) is 0 Å². The molecule has 2 heterocycles. The summed E-state index contributed by atoms with van der Waals surface area (Å²) in [6.07, 6.45) is -2.49. The van der Waals surface area contributed by atoms with Crippen molar-refractivity contribution in [3.63, 3.8) is 0 Å². The Hall–Kier alpha value is -2.48. The first-order valence-corrected chi connectivity index (χ1v) is 8.64. The van der Waals surface area contributed by atoms with Crippen molar-refractivity contribution in [3.8, 4) is 11.3 Å². The fraction of sp³-hybridized carbons (Fsp3) is 0.222. The molecule has 0 atom stereocenters. The maximum absolute atomic E-state index is 13.1. The highest BCUT2D eigenvalue weighted by atomic mass is 32.2. The molecule has 1 fully saturated rings. The molecule has 0 N–H and O–H groups in total. The van der Waals surface area contributed by atoms with E-state index in [4.69, 9.17) is 4.42 Å². The van der Waals surface area contributed by atoms with Gasteiger partial charge in [-0.15, -0.1) is 0 Å². The largest absolute Gasteiger partial charge is 0.457 e. The van der Waals surface area contributed by atoms with Gasteiger partial charge in [-0.25, -0.2) is 0 Å². The lowest BCUT2D eigenvalue weighted by atomic mass is 10.1. The predicted molar refractivity (Wildman–Crippen MR) is 92.1 cm³/mol. The number of benzene rings is 1. The van der Waals surface area contributed by atoms with Crippen molar-refractivity contribution in [2.45, 2.75) is 19.5 Å². The van der Waals surface area contributed by atoms with Crippen LogP contribution in [-0.2, 0) is 11.0 Å². The molecule has 0 aliphatic carbocycles. The Morgan fingerprint density at radius 3 is 2.58 bits per heavy atom. The van der Waals surface area contributed by atoms with E-state index in [1.165, 1.54) is 36.4 Å². The minimum absolute atomic E-state index is 0.0389. The lowest BCUT2D eigenvalue weighted by molar-refractivity contribution is -0.137. The average molecular weight is 381 g/mol. The van der Waals surface area contributed by atoms with Gasteiger partial charge >= 0.3 is 6.18 Å². The third-order valence-corrected chi connectivity index (χ3v) is 4.63. The van der Waals surface area contributed by atoms with Gasteiger partial charge in [0, 0.05) is 18.2 Å². The van der Waals surface area contributed by atoms with E-state index in [1.807, 2.05) is 6.92 Å². The topological polar surface area (TPSA) is 50.5 Å². The Labute approximate surface area is 151 Å². The molecule has 0 radical (unpaired) electrons. The fourth-order valence-electron chi connectivity index (χ4n) is 2.57. The van der Waals surface area contributed by atoms with Gasteiger partial charge in [-0.05, 0) is 36.4 Å². The summed E-state index contributed by atoms with van der Waals surface area (Å²) in [5, 5.41) is -0.364. The second-order valence-electron chi connectivity index (χ2n) is 5.58. The van der Waals surface area contributed by atoms with Crippen molar-refractivity contribution in [2.24, 2.45) is 0 Å². The maximum Gasteiger partial charge on any atom is 0.417 e. The Bertz CT molecular complexity index is 886. The summed E-state index contributed by atoms with van der Waals surface area (Å²) < 4.78 is 44.9. The Morgan fingerprint density at radius 2 is 1.88 bits per heavy atom. The van der Waals surface area contributed by atoms with Gasteiger partial charge in [0.25, 0.3) is 11.1 Å². The predicted octanol–water partition coefficient (Wildman–Crippen LogP) is 5.41. The van der Waals surface area contributed by atoms with E-state index in [0.717, 1.165) is 22.7 Å². The van der Waals surface area contributed by atoms with E-state index in [2.05, 4.69) is 0 Å². The number of hydrogen-bond donors (Lipinski definition) is 0. The van der Waals surface area contributed by atoms with E-state index in [-0.39, 0.29) is 27.2 Å². The van der Waals surface area contributed by atoms with Gasteiger partial charge in [0.15, 0.2) is 0 Å². The molecule has 0 saturated carbocycles. The molecule has 136 valence electrons. The summed E-state index contributed by atoms with van der Waals surface area (Å²) in [5.41, 5.74) is -0.886. The zero-order valence-corrected chi connectivity index (χ0v) is 14.5. The smallest absolute Gasteiger partial charge is 0.417 e. The van der Waals surface area contributed by atoms with E-state index in [0.29, 0.717) is 13.0 Å². The zero-order valence-electron chi connectivity index (χ0n) is 13.7. The first-order valence-electron chi connectivity index (χ1n) is 7.83. The van der Waals surface area contributed by atoms with Gasteiger partial charge in [0.2, 0.25) is 0 Å². The minimum Gasteiger partial charge on any atom is -0.457 e. The molecule has 1 aromatic carbocycles. The van der Waals surface area contributed by atoms with Crippen LogP contribution < -0.4 is 0 Å². The van der Waals surface area contributed by atoms with Gasteiger partial charge in [-0.1, -0.05) is 25.1 Å². The van der Waals surface area contributed by atoms with Gasteiger partial charge in [0.1, 0.15) is 11.5 Å². The quantitative estimate of drug-likeness (QED) is 0.665. The molecule has 8 heteroatoms. The number of furan rings is 1. The van der Waals surface area contributed by atoms with E-state index < -0.39 is 17.6 Å². The molecule has 2 amide bonds. The monoisotopic (exact) mass is 381 g/mol. The number of carbonyl (C=O) groups is 2. The van der Waals surface area contributed by atoms with Crippen LogP contribution in [0, 0.1) is 0 Å². The molecule has 26 heavy (non-hydrogen) atoms. The van der Waals surface area contributed by atoms with Crippen molar-refractivity contribution in [2.75, 3.05) is 6.54 Å². The van der Waals surface area contributed by atoms with Gasteiger partial charge < -0.3 is 4.42 Å². The Morgan fingerprint density at radius 1 is 1.15 bits per heavy atom. The van der Waals surface area contributed by atoms with E-state index >= 15 is 0 Å². The lowest BCUT2D eigenvalue weighted by Gasteiger charge is -2.10. The number of thioether (sulfide) groups is 1. The average Bonchev–Trinajstić information content (AvgIpc) is 3.15. The summed E-state index contributed by atoms with van der Waals surface area (Å²) in [7, 11) is 0. The third-order valence-electron chi connectivity index (χ3n) is 3.72. The zero-order chi connectivity index (χ0) is 18.9. The summed E-state index contributed by atoms with van der Waals surface area (Å²) in [6.45, 7) is 2.17. The normalized spacial score (nSPS) is 16.8. The minimum atomic E-state index is -4.51. The molecular weight excluding hydrogens is 367 g/mol. The van der Waals surface area contributed by atoms with Crippen molar-refractivity contribution in [3.05, 3.63) is 52.6 Å². The highest BCUT2D eigenvalue weighted by Gasteiger charge is 2.35. The van der Waals surface area contributed by atoms with Crippen LogP contribution in [0.25, 0.3) is 17.4 Å². The number of nitrogens with zero attached hydrogens (tertiary/aromatic N) is 1. The van der Waals surface area contributed by atoms with Crippen LogP contribution in [0.3, 0.4) is 0 Å². The molecule has 3 rings (SSSR count). The van der Waals surface area contributed by atoms with Crippen molar-refractivity contribution < 1.29 is 27.2 Å². The second kappa shape index (κ2) is 7.03. The van der Waals surface area contributed by atoms with Crippen LogP contribution in [0.15, 0.2) is 45.7 Å². The summed E-state index contributed by atoms with van der Waals surface area (Å²) >= 11 is 0.788. The van der Waals surface area contributed by atoms with Crippen LogP contribution in [0.1, 0.15) is 24.7 Å². The molecule has 2 aromatic rings. The molecule has 1 aliphatic rings. The van der Waals surface area contributed by atoms with Gasteiger partial charge in [0.05, 0.1) is 10.5 Å². The number of hydrogen-bond acceptors (Lipinski definition) is 4. The second-order valence-corrected chi connectivity index (χ2v) is 6.57. The number of carbonyl (C=O) groups excluding carboxylic acids is 2. The highest BCUT2D eigenvalue weighted by Crippen LogP contribution is 2.38. The van der Waals surface area contributed by atoms with Crippen molar-refractivity contribution >= 4 is 29.0 Å².